The van der Waals surface area contributed by atoms with Gasteiger partial charge in [0.15, 0.2) is 0 Å². The maximum Gasteiger partial charge on any atom is 0.407 e. The number of ether oxygens (including phenoxy) is 1. The smallest absolute Gasteiger partial charge is 0.407 e. The Morgan fingerprint density at radius 3 is 2.34 bits per heavy atom. The van der Waals surface area contributed by atoms with Crippen LogP contribution in [-0.4, -0.2) is 40.3 Å². The highest BCUT2D eigenvalue weighted by Crippen LogP contribution is 2.44. The minimum atomic E-state index is -0.987. The predicted molar refractivity (Wildman–Crippen MR) is 106 cm³/mol. The number of carboxylic acids is 1. The van der Waals surface area contributed by atoms with Crippen LogP contribution in [0.3, 0.4) is 0 Å². The van der Waals surface area contributed by atoms with Gasteiger partial charge in [0.2, 0.25) is 0 Å². The Kier molecular flexibility index (Phi) is 5.29. The number of fused-ring (bicyclic) bond motifs is 3. The molecule has 4 rings (SSSR count). The van der Waals surface area contributed by atoms with Gasteiger partial charge in [-0.25, -0.2) is 9.78 Å². The fraction of sp³-hybridized carbons (Fsp3) is 0.227. The molecule has 7 heteroatoms. The molecule has 3 N–H and O–H groups in total. The third kappa shape index (κ3) is 3.99. The summed E-state index contributed by atoms with van der Waals surface area (Å²) in [7, 11) is 0. The Balaban J connectivity index is 1.37. The van der Waals surface area contributed by atoms with Crippen LogP contribution >= 0.6 is 0 Å². The second-order valence-corrected chi connectivity index (χ2v) is 7.02. The summed E-state index contributed by atoms with van der Waals surface area (Å²) in [5.41, 5.74) is 5.27. The molecular weight excluding hydrogens is 370 g/mol. The first kappa shape index (κ1) is 18.7. The van der Waals surface area contributed by atoms with E-state index in [-0.39, 0.29) is 25.5 Å². The summed E-state index contributed by atoms with van der Waals surface area (Å²) in [4.78, 5) is 30.4. The molecule has 2 aromatic carbocycles. The summed E-state index contributed by atoms with van der Waals surface area (Å²) in [6.07, 6.45) is 2.69. The summed E-state index contributed by atoms with van der Waals surface area (Å²) in [5.74, 6) is -1.79. The number of nitrogens with zero attached hydrogens (tertiary/aromatic N) is 1. The zero-order chi connectivity index (χ0) is 20.2. The number of benzene rings is 2. The van der Waals surface area contributed by atoms with E-state index in [4.69, 9.17) is 4.74 Å². The summed E-state index contributed by atoms with van der Waals surface area (Å²) in [6, 6.07) is 16.2. The number of hydrogen-bond donors (Lipinski definition) is 3. The number of rotatable bonds is 7. The maximum atomic E-state index is 12.2. The molecule has 0 aliphatic heterocycles. The molecule has 0 spiro atoms. The van der Waals surface area contributed by atoms with Gasteiger partial charge in [-0.1, -0.05) is 48.5 Å². The van der Waals surface area contributed by atoms with Crippen LogP contribution < -0.4 is 5.32 Å². The average molecular weight is 391 g/mol. The molecule has 29 heavy (non-hydrogen) atoms. The highest BCUT2D eigenvalue weighted by atomic mass is 16.5. The fourth-order valence-electron chi connectivity index (χ4n) is 3.76. The lowest BCUT2D eigenvalue weighted by atomic mass is 9.98. The molecule has 1 atom stereocenters. The molecule has 1 aliphatic carbocycles. The van der Waals surface area contributed by atoms with Crippen molar-refractivity contribution in [2.75, 3.05) is 13.2 Å². The number of nitrogens with one attached hydrogen (secondary N) is 2. The van der Waals surface area contributed by atoms with E-state index < -0.39 is 18.0 Å². The number of carbonyl (C=O) groups is 2. The number of alkyl carbamates (subject to hydrolysis) is 1. The van der Waals surface area contributed by atoms with Crippen molar-refractivity contribution in [1.82, 2.24) is 15.3 Å². The quantitative estimate of drug-likeness (QED) is 0.574. The lowest BCUT2D eigenvalue weighted by molar-refractivity contribution is -0.141. The number of carbonyl (C=O) groups excluding carboxylic acids is 1. The zero-order valence-electron chi connectivity index (χ0n) is 15.7. The van der Waals surface area contributed by atoms with E-state index in [2.05, 4.69) is 27.4 Å². The largest absolute Gasteiger partial charge is 0.481 e. The van der Waals surface area contributed by atoms with Gasteiger partial charge < -0.3 is 20.1 Å². The number of aliphatic carboxylic acids is 1. The van der Waals surface area contributed by atoms with Gasteiger partial charge in [0, 0.05) is 30.8 Å². The predicted octanol–water partition coefficient (Wildman–Crippen LogP) is 3.19. The SMILES string of the molecule is O=C(NCC(Cc1cnc[nH]1)C(=O)O)OCC1c2ccccc2-c2ccccc21. The van der Waals surface area contributed by atoms with Gasteiger partial charge in [0.1, 0.15) is 6.61 Å². The monoisotopic (exact) mass is 391 g/mol. The van der Waals surface area contributed by atoms with Crippen LogP contribution in [0.25, 0.3) is 11.1 Å². The summed E-state index contributed by atoms with van der Waals surface area (Å²) >= 11 is 0. The van der Waals surface area contributed by atoms with Gasteiger partial charge in [0.25, 0.3) is 0 Å². The number of hydrogen-bond acceptors (Lipinski definition) is 4. The van der Waals surface area contributed by atoms with Gasteiger partial charge in [-0.05, 0) is 22.3 Å². The van der Waals surface area contributed by atoms with Gasteiger partial charge in [-0.15, -0.1) is 0 Å². The van der Waals surface area contributed by atoms with Crippen molar-refractivity contribution in [2.24, 2.45) is 5.92 Å². The number of imidazole rings is 1. The third-order valence-electron chi connectivity index (χ3n) is 5.21. The van der Waals surface area contributed by atoms with Gasteiger partial charge in [-0.3, -0.25) is 4.79 Å². The van der Waals surface area contributed by atoms with Crippen molar-refractivity contribution >= 4 is 12.1 Å². The molecule has 148 valence electrons. The van der Waals surface area contributed by atoms with Crippen LogP contribution in [0.1, 0.15) is 22.7 Å². The van der Waals surface area contributed by atoms with Crippen LogP contribution in [0.5, 0.6) is 0 Å². The Hall–Kier alpha value is -3.61. The number of aromatic nitrogens is 2. The minimum Gasteiger partial charge on any atom is -0.481 e. The first-order chi connectivity index (χ1) is 14.1. The number of carboxylic acid groups (broad SMARTS) is 1. The molecule has 0 fully saturated rings. The third-order valence-corrected chi connectivity index (χ3v) is 5.21. The number of aromatic amines is 1. The molecule has 1 aliphatic rings. The number of H-pyrrole nitrogens is 1. The van der Waals surface area contributed by atoms with E-state index in [0.29, 0.717) is 5.69 Å². The van der Waals surface area contributed by atoms with E-state index in [1.54, 1.807) is 6.20 Å². The molecule has 3 aromatic rings. The van der Waals surface area contributed by atoms with Crippen LogP contribution in [-0.2, 0) is 16.0 Å². The summed E-state index contributed by atoms with van der Waals surface area (Å²) in [6.45, 7) is 0.170. The second kappa shape index (κ2) is 8.18. The molecule has 1 aromatic heterocycles. The Morgan fingerprint density at radius 2 is 1.76 bits per heavy atom. The van der Waals surface area contributed by atoms with E-state index in [0.717, 1.165) is 22.3 Å². The first-order valence-corrected chi connectivity index (χ1v) is 9.42. The summed E-state index contributed by atoms with van der Waals surface area (Å²) < 4.78 is 5.44. The molecule has 1 unspecified atom stereocenters. The lowest BCUT2D eigenvalue weighted by Crippen LogP contribution is -2.35. The number of amides is 1. The topological polar surface area (TPSA) is 104 Å². The van der Waals surface area contributed by atoms with Gasteiger partial charge in [-0.2, -0.15) is 0 Å². The minimum absolute atomic E-state index is 0.0228. The van der Waals surface area contributed by atoms with Crippen molar-refractivity contribution < 1.29 is 19.4 Å². The zero-order valence-corrected chi connectivity index (χ0v) is 15.7. The van der Waals surface area contributed by atoms with Crippen molar-refractivity contribution in [3.8, 4) is 11.1 Å². The van der Waals surface area contributed by atoms with Crippen molar-refractivity contribution in [3.05, 3.63) is 77.9 Å². The van der Waals surface area contributed by atoms with Crippen LogP contribution in [0.4, 0.5) is 4.79 Å². The lowest BCUT2D eigenvalue weighted by Gasteiger charge is -2.16. The standard InChI is InChI=1S/C22H21N3O4/c26-21(27)14(9-15-11-23-13-25-15)10-24-22(28)29-12-20-18-7-3-1-5-16(18)17-6-2-4-8-19(17)20/h1-8,11,13-14,20H,9-10,12H2,(H,23,25)(H,24,28)(H,26,27). The van der Waals surface area contributed by atoms with Gasteiger partial charge >= 0.3 is 12.1 Å². The molecule has 0 saturated heterocycles. The summed E-state index contributed by atoms with van der Waals surface area (Å²) in [5, 5.41) is 12.0. The van der Waals surface area contributed by atoms with E-state index in [1.807, 2.05) is 36.4 Å². The normalized spacial score (nSPS) is 13.4. The second-order valence-electron chi connectivity index (χ2n) is 7.02. The molecule has 0 saturated carbocycles. The highest BCUT2D eigenvalue weighted by Gasteiger charge is 2.29. The first-order valence-electron chi connectivity index (χ1n) is 9.42. The van der Waals surface area contributed by atoms with Crippen molar-refractivity contribution in [3.63, 3.8) is 0 Å². The molecule has 1 heterocycles. The van der Waals surface area contributed by atoms with Crippen LogP contribution in [0, 0.1) is 5.92 Å². The Morgan fingerprint density at radius 1 is 1.10 bits per heavy atom. The van der Waals surface area contributed by atoms with E-state index in [9.17, 15) is 14.7 Å². The van der Waals surface area contributed by atoms with E-state index >= 15 is 0 Å². The fourth-order valence-corrected chi connectivity index (χ4v) is 3.76. The highest BCUT2D eigenvalue weighted by molar-refractivity contribution is 5.79. The molecule has 0 bridgehead atoms. The van der Waals surface area contributed by atoms with E-state index in [1.165, 1.54) is 6.33 Å². The van der Waals surface area contributed by atoms with Crippen LogP contribution in [0.2, 0.25) is 0 Å². The van der Waals surface area contributed by atoms with Crippen LogP contribution in [0.15, 0.2) is 61.1 Å². The molecule has 0 radical (unpaired) electrons. The molecule has 7 nitrogen and oxygen atoms in total. The Labute approximate surface area is 167 Å². The molecule has 1 amide bonds. The molecular formula is C22H21N3O4. The van der Waals surface area contributed by atoms with Gasteiger partial charge in [0.05, 0.1) is 12.2 Å². The average Bonchev–Trinajstić information content (AvgIpc) is 3.35. The maximum absolute atomic E-state index is 12.2. The van der Waals surface area contributed by atoms with Crippen molar-refractivity contribution in [1.29, 1.82) is 0 Å². The van der Waals surface area contributed by atoms with Crippen molar-refractivity contribution in [2.45, 2.75) is 12.3 Å². The Bertz CT molecular complexity index is 971.